The molecule has 0 heterocycles. The number of amides is 2. The zero-order valence-corrected chi connectivity index (χ0v) is 17.2. The van der Waals surface area contributed by atoms with Gasteiger partial charge in [0.2, 0.25) is 10.0 Å². The molecule has 2 aromatic carbocycles. The van der Waals surface area contributed by atoms with Gasteiger partial charge in [0.05, 0.1) is 11.4 Å². The fourth-order valence-electron chi connectivity index (χ4n) is 2.60. The van der Waals surface area contributed by atoms with Gasteiger partial charge >= 0.3 is 6.03 Å². The van der Waals surface area contributed by atoms with Gasteiger partial charge in [0.15, 0.2) is 0 Å². The van der Waals surface area contributed by atoms with Crippen molar-refractivity contribution in [2.24, 2.45) is 0 Å². The average Bonchev–Trinajstić information content (AvgIpc) is 2.67. The van der Waals surface area contributed by atoms with Crippen molar-refractivity contribution in [2.75, 3.05) is 20.6 Å². The molecule has 0 unspecified atom stereocenters. The van der Waals surface area contributed by atoms with Gasteiger partial charge < -0.3 is 10.2 Å². The van der Waals surface area contributed by atoms with Crippen LogP contribution < -0.4 is 5.32 Å². The van der Waals surface area contributed by atoms with E-state index in [9.17, 15) is 13.2 Å². The van der Waals surface area contributed by atoms with Gasteiger partial charge in [-0.3, -0.25) is 0 Å². The van der Waals surface area contributed by atoms with Crippen molar-refractivity contribution in [2.45, 2.75) is 24.9 Å². The van der Waals surface area contributed by atoms with E-state index in [1.54, 1.807) is 18.2 Å². The Hall–Kier alpha value is -2.82. The highest BCUT2D eigenvalue weighted by molar-refractivity contribution is 7.89. The lowest BCUT2D eigenvalue weighted by Crippen LogP contribution is -2.39. The first-order valence-corrected chi connectivity index (χ1v) is 10.2. The van der Waals surface area contributed by atoms with E-state index >= 15 is 0 Å². The second kappa shape index (κ2) is 9.40. The molecular weight excluding hydrogens is 374 g/mol. The van der Waals surface area contributed by atoms with E-state index in [0.29, 0.717) is 12.1 Å². The van der Waals surface area contributed by atoms with Crippen LogP contribution in [0.2, 0.25) is 0 Å². The summed E-state index contributed by atoms with van der Waals surface area (Å²) in [6.07, 6.45) is 5.41. The maximum absolute atomic E-state index is 12.6. The Balaban J connectivity index is 2.13. The van der Waals surface area contributed by atoms with E-state index in [0.717, 1.165) is 15.4 Å². The monoisotopic (exact) mass is 399 g/mol. The molecule has 0 atom stereocenters. The Morgan fingerprint density at radius 1 is 1.11 bits per heavy atom. The number of carbonyl (C=O) groups is 1. The summed E-state index contributed by atoms with van der Waals surface area (Å²) in [5.74, 6) is 2.49. The van der Waals surface area contributed by atoms with Crippen LogP contribution in [0.1, 0.15) is 16.7 Å². The van der Waals surface area contributed by atoms with Crippen molar-refractivity contribution < 1.29 is 13.2 Å². The Bertz CT molecular complexity index is 961. The molecule has 7 heteroatoms. The molecule has 0 spiro atoms. The summed E-state index contributed by atoms with van der Waals surface area (Å²) in [6, 6.07) is 14.1. The summed E-state index contributed by atoms with van der Waals surface area (Å²) in [5.41, 5.74) is 2.61. The molecule has 2 aromatic rings. The van der Waals surface area contributed by atoms with Crippen molar-refractivity contribution in [3.05, 3.63) is 65.2 Å². The minimum absolute atomic E-state index is 0.0804. The summed E-state index contributed by atoms with van der Waals surface area (Å²) >= 11 is 0. The van der Waals surface area contributed by atoms with Crippen LogP contribution in [0.3, 0.4) is 0 Å². The molecule has 0 aliphatic rings. The number of aryl methyl sites for hydroxylation is 1. The van der Waals surface area contributed by atoms with Crippen molar-refractivity contribution in [3.8, 4) is 12.3 Å². The van der Waals surface area contributed by atoms with E-state index in [-0.39, 0.29) is 24.0 Å². The number of benzene rings is 2. The van der Waals surface area contributed by atoms with Crippen LogP contribution in [0, 0.1) is 19.3 Å². The standard InChI is InChI=1S/C21H25N3O3S/c1-5-14-24(16-18-12-10-17(2)11-13-18)21(25)22-15-19-8-6-7-9-20(19)28(26,27)23(3)4/h1,6-13H,14-16H2,2-4H3,(H,22,25). The molecule has 0 bridgehead atoms. The Morgan fingerprint density at radius 2 is 1.75 bits per heavy atom. The minimum Gasteiger partial charge on any atom is -0.334 e. The second-order valence-corrected chi connectivity index (χ2v) is 8.72. The van der Waals surface area contributed by atoms with Crippen LogP contribution in [-0.4, -0.2) is 44.3 Å². The van der Waals surface area contributed by atoms with E-state index in [1.807, 2.05) is 31.2 Å². The van der Waals surface area contributed by atoms with Gasteiger partial charge in [-0.2, -0.15) is 0 Å². The molecule has 0 radical (unpaired) electrons. The van der Waals surface area contributed by atoms with Crippen LogP contribution in [0.15, 0.2) is 53.4 Å². The highest BCUT2D eigenvalue weighted by Gasteiger charge is 2.21. The van der Waals surface area contributed by atoms with E-state index in [4.69, 9.17) is 6.42 Å². The molecular formula is C21H25N3O3S. The Kier molecular flexibility index (Phi) is 7.21. The number of nitrogens with one attached hydrogen (secondary N) is 1. The van der Waals surface area contributed by atoms with Crippen LogP contribution in [0.4, 0.5) is 4.79 Å². The normalized spacial score (nSPS) is 11.1. The summed E-state index contributed by atoms with van der Waals surface area (Å²) < 4.78 is 26.1. The highest BCUT2D eigenvalue weighted by atomic mass is 32.2. The van der Waals surface area contributed by atoms with Gasteiger partial charge in [0.25, 0.3) is 0 Å². The first-order chi connectivity index (χ1) is 13.3. The lowest BCUT2D eigenvalue weighted by molar-refractivity contribution is 0.201. The van der Waals surface area contributed by atoms with Crippen LogP contribution in [-0.2, 0) is 23.1 Å². The van der Waals surface area contributed by atoms with Gasteiger partial charge in [-0.05, 0) is 24.1 Å². The fourth-order valence-corrected chi connectivity index (χ4v) is 3.72. The molecule has 148 valence electrons. The first-order valence-electron chi connectivity index (χ1n) is 8.78. The van der Waals surface area contributed by atoms with E-state index < -0.39 is 10.0 Å². The van der Waals surface area contributed by atoms with Crippen molar-refractivity contribution in [3.63, 3.8) is 0 Å². The summed E-state index contributed by atoms with van der Waals surface area (Å²) in [6.45, 7) is 2.59. The lowest BCUT2D eigenvalue weighted by Gasteiger charge is -2.22. The first kappa shape index (κ1) is 21.5. The van der Waals surface area contributed by atoms with Crippen LogP contribution in [0.25, 0.3) is 0 Å². The Morgan fingerprint density at radius 3 is 2.36 bits per heavy atom. The molecule has 2 rings (SSSR count). The number of carbonyl (C=O) groups excluding carboxylic acids is 1. The quantitative estimate of drug-likeness (QED) is 0.728. The fraction of sp³-hybridized carbons (Fsp3) is 0.286. The third-order valence-corrected chi connectivity index (χ3v) is 6.14. The van der Waals surface area contributed by atoms with Crippen LogP contribution >= 0.6 is 0 Å². The summed E-state index contributed by atoms with van der Waals surface area (Å²) in [4.78, 5) is 14.3. The van der Waals surface area contributed by atoms with Crippen molar-refractivity contribution in [1.29, 1.82) is 0 Å². The molecule has 2 amide bonds. The van der Waals surface area contributed by atoms with E-state index in [2.05, 4.69) is 11.2 Å². The third kappa shape index (κ3) is 5.35. The highest BCUT2D eigenvalue weighted by Crippen LogP contribution is 2.18. The van der Waals surface area contributed by atoms with Gasteiger partial charge in [-0.1, -0.05) is 53.9 Å². The number of hydrogen-bond donors (Lipinski definition) is 1. The molecule has 28 heavy (non-hydrogen) atoms. The minimum atomic E-state index is -3.60. The molecule has 0 aromatic heterocycles. The molecule has 0 aliphatic heterocycles. The average molecular weight is 400 g/mol. The zero-order valence-electron chi connectivity index (χ0n) is 16.3. The van der Waals surface area contributed by atoms with Gasteiger partial charge in [0.1, 0.15) is 0 Å². The number of rotatable bonds is 7. The molecule has 0 saturated heterocycles. The Labute approximate surface area is 167 Å². The lowest BCUT2D eigenvalue weighted by atomic mass is 10.1. The second-order valence-electron chi connectivity index (χ2n) is 6.60. The SMILES string of the molecule is C#CCN(Cc1ccc(C)cc1)C(=O)NCc1ccccc1S(=O)(=O)N(C)C. The predicted molar refractivity (Wildman–Crippen MR) is 110 cm³/mol. The largest absolute Gasteiger partial charge is 0.334 e. The number of urea groups is 1. The zero-order chi connectivity index (χ0) is 20.7. The van der Waals surface area contributed by atoms with Crippen molar-refractivity contribution >= 4 is 16.1 Å². The maximum atomic E-state index is 12.6. The predicted octanol–water partition coefficient (Wildman–Crippen LogP) is 2.59. The maximum Gasteiger partial charge on any atom is 0.318 e. The van der Waals surface area contributed by atoms with Crippen molar-refractivity contribution in [1.82, 2.24) is 14.5 Å². The van der Waals surface area contributed by atoms with Gasteiger partial charge in [-0.25, -0.2) is 17.5 Å². The van der Waals surface area contributed by atoms with Gasteiger partial charge in [0, 0.05) is 27.2 Å². The molecule has 0 fully saturated rings. The van der Waals surface area contributed by atoms with E-state index in [1.165, 1.54) is 25.1 Å². The number of hydrogen-bond acceptors (Lipinski definition) is 3. The van der Waals surface area contributed by atoms with Gasteiger partial charge in [-0.15, -0.1) is 6.42 Å². The molecule has 0 aliphatic carbocycles. The summed E-state index contributed by atoms with van der Waals surface area (Å²) in [5, 5.41) is 2.78. The molecule has 6 nitrogen and oxygen atoms in total. The number of sulfonamides is 1. The number of nitrogens with zero attached hydrogens (tertiary/aromatic N) is 2. The smallest absolute Gasteiger partial charge is 0.318 e. The molecule has 1 N–H and O–H groups in total. The number of terminal acetylenes is 1. The van der Waals surface area contributed by atoms with Crippen LogP contribution in [0.5, 0.6) is 0 Å². The topological polar surface area (TPSA) is 69.7 Å². The summed E-state index contributed by atoms with van der Waals surface area (Å²) in [7, 11) is -0.656. The third-order valence-electron chi connectivity index (χ3n) is 4.22. The molecule has 0 saturated carbocycles.